The van der Waals surface area contributed by atoms with E-state index in [1.165, 1.54) is 6.26 Å². The number of amides is 2. The molecule has 3 N–H and O–H groups in total. The Morgan fingerprint density at radius 2 is 1.77 bits per heavy atom. The number of carbonyl (C=O) groups is 2. The molecule has 2 aromatic carbocycles. The minimum absolute atomic E-state index is 0.180. The fraction of sp³-hybridized carbons (Fsp3) is 0.167. The van der Waals surface area contributed by atoms with Gasteiger partial charge in [-0.25, -0.2) is 0 Å². The Morgan fingerprint density at radius 1 is 0.967 bits per heavy atom. The Kier molecular flexibility index (Phi) is 5.94. The summed E-state index contributed by atoms with van der Waals surface area (Å²) in [6.45, 7) is 0.475. The summed E-state index contributed by atoms with van der Waals surface area (Å²) >= 11 is 0. The fourth-order valence-corrected chi connectivity index (χ4v) is 3.48. The van der Waals surface area contributed by atoms with Gasteiger partial charge < -0.3 is 20.0 Å². The summed E-state index contributed by atoms with van der Waals surface area (Å²) in [5, 5.41) is 6.90. The monoisotopic (exact) mass is 401 g/mol. The minimum Gasteiger partial charge on any atom is -0.459 e. The number of aromatic nitrogens is 1. The molecule has 0 saturated carbocycles. The van der Waals surface area contributed by atoms with Gasteiger partial charge in [0, 0.05) is 30.1 Å². The normalized spacial score (nSPS) is 11.9. The molecule has 152 valence electrons. The van der Waals surface area contributed by atoms with Gasteiger partial charge >= 0.3 is 0 Å². The number of hydrogen-bond acceptors (Lipinski definition) is 3. The third-order valence-electron chi connectivity index (χ3n) is 5.02. The molecule has 0 saturated heterocycles. The van der Waals surface area contributed by atoms with Gasteiger partial charge in [-0.05, 0) is 35.7 Å². The summed E-state index contributed by atoms with van der Waals surface area (Å²) < 4.78 is 5.15. The molecule has 6 heteroatoms. The number of H-pyrrole nitrogens is 1. The first-order valence-electron chi connectivity index (χ1n) is 9.92. The molecule has 4 aromatic rings. The van der Waals surface area contributed by atoms with Gasteiger partial charge in [-0.15, -0.1) is 0 Å². The van der Waals surface area contributed by atoms with E-state index in [-0.39, 0.29) is 11.7 Å². The minimum atomic E-state index is -0.701. The topological polar surface area (TPSA) is 87.1 Å². The van der Waals surface area contributed by atoms with Crippen molar-refractivity contribution in [3.63, 3.8) is 0 Å². The Hall–Kier alpha value is -3.80. The van der Waals surface area contributed by atoms with Crippen molar-refractivity contribution in [2.24, 2.45) is 0 Å². The summed E-state index contributed by atoms with van der Waals surface area (Å²) in [4.78, 5) is 28.6. The average molecular weight is 401 g/mol. The number of rotatable bonds is 8. The first-order chi connectivity index (χ1) is 14.7. The molecule has 2 aromatic heterocycles. The van der Waals surface area contributed by atoms with Crippen LogP contribution in [0.1, 0.15) is 21.7 Å². The number of carbonyl (C=O) groups excluding carboxylic acids is 2. The molecule has 0 radical (unpaired) electrons. The average Bonchev–Trinajstić information content (AvgIpc) is 3.45. The lowest BCUT2D eigenvalue weighted by Crippen LogP contribution is -2.48. The molecular formula is C24H23N3O3. The first kappa shape index (κ1) is 19.5. The zero-order chi connectivity index (χ0) is 20.8. The van der Waals surface area contributed by atoms with Crippen molar-refractivity contribution < 1.29 is 14.0 Å². The second kappa shape index (κ2) is 9.13. The third kappa shape index (κ3) is 4.60. The summed E-state index contributed by atoms with van der Waals surface area (Å²) in [5.74, 6) is -0.453. The van der Waals surface area contributed by atoms with Crippen LogP contribution in [0.5, 0.6) is 0 Å². The molecule has 0 unspecified atom stereocenters. The molecule has 1 atom stereocenters. The quantitative estimate of drug-likeness (QED) is 0.423. The van der Waals surface area contributed by atoms with E-state index in [2.05, 4.69) is 21.7 Å². The lowest BCUT2D eigenvalue weighted by atomic mass is 10.0. The van der Waals surface area contributed by atoms with E-state index in [0.29, 0.717) is 19.4 Å². The molecule has 0 fully saturated rings. The van der Waals surface area contributed by atoms with E-state index in [1.54, 1.807) is 12.1 Å². The van der Waals surface area contributed by atoms with Crippen LogP contribution in [0.2, 0.25) is 0 Å². The van der Waals surface area contributed by atoms with Crippen molar-refractivity contribution >= 4 is 22.7 Å². The van der Waals surface area contributed by atoms with Crippen molar-refractivity contribution in [1.29, 1.82) is 0 Å². The number of nitrogens with one attached hydrogen (secondary N) is 3. The molecule has 0 aliphatic carbocycles. The molecule has 6 nitrogen and oxygen atoms in total. The lowest BCUT2D eigenvalue weighted by molar-refractivity contribution is -0.122. The number of hydrogen-bond donors (Lipinski definition) is 3. The predicted octanol–water partition coefficient (Wildman–Crippen LogP) is 3.46. The number of para-hydroxylation sites is 1. The van der Waals surface area contributed by atoms with Crippen LogP contribution in [0.3, 0.4) is 0 Å². The Balaban J connectivity index is 1.41. The summed E-state index contributed by atoms with van der Waals surface area (Å²) in [5.41, 5.74) is 3.19. The van der Waals surface area contributed by atoms with Gasteiger partial charge in [0.05, 0.1) is 6.26 Å². The van der Waals surface area contributed by atoms with Gasteiger partial charge in [0.25, 0.3) is 5.91 Å². The van der Waals surface area contributed by atoms with Gasteiger partial charge in [-0.1, -0.05) is 48.5 Å². The van der Waals surface area contributed by atoms with Crippen LogP contribution < -0.4 is 10.6 Å². The second-order valence-electron chi connectivity index (χ2n) is 7.09. The summed E-state index contributed by atoms with van der Waals surface area (Å²) in [6, 6.07) is 20.2. The van der Waals surface area contributed by atoms with Crippen LogP contribution in [-0.4, -0.2) is 29.4 Å². The largest absolute Gasteiger partial charge is 0.459 e. The van der Waals surface area contributed by atoms with E-state index in [0.717, 1.165) is 22.0 Å². The highest BCUT2D eigenvalue weighted by molar-refractivity contribution is 5.95. The van der Waals surface area contributed by atoms with Gasteiger partial charge in [-0.2, -0.15) is 0 Å². The van der Waals surface area contributed by atoms with Crippen LogP contribution >= 0.6 is 0 Å². The molecule has 0 aliphatic rings. The van der Waals surface area contributed by atoms with Gasteiger partial charge in [-0.3, -0.25) is 9.59 Å². The molecule has 2 amide bonds. The Labute approximate surface area is 174 Å². The highest BCUT2D eigenvalue weighted by Crippen LogP contribution is 2.17. The maximum atomic E-state index is 12.9. The number of fused-ring (bicyclic) bond motifs is 1. The van der Waals surface area contributed by atoms with Gasteiger partial charge in [0.2, 0.25) is 5.91 Å². The fourth-order valence-electron chi connectivity index (χ4n) is 3.48. The van der Waals surface area contributed by atoms with Gasteiger partial charge in [0.15, 0.2) is 5.76 Å². The van der Waals surface area contributed by atoms with E-state index >= 15 is 0 Å². The second-order valence-corrected chi connectivity index (χ2v) is 7.09. The first-order valence-corrected chi connectivity index (χ1v) is 9.92. The van der Waals surface area contributed by atoms with E-state index < -0.39 is 11.9 Å². The van der Waals surface area contributed by atoms with Crippen LogP contribution in [0, 0.1) is 0 Å². The summed E-state index contributed by atoms with van der Waals surface area (Å²) in [7, 11) is 0. The van der Waals surface area contributed by atoms with Crippen LogP contribution in [0.15, 0.2) is 83.6 Å². The molecule has 2 heterocycles. The standard InChI is InChI=1S/C24H23N3O3/c28-23(25-13-12-18-16-26-20-10-5-4-9-19(18)20)21(15-17-7-2-1-3-8-17)27-24(29)22-11-6-14-30-22/h1-11,14,16,21,26H,12-13,15H2,(H,25,28)(H,27,29)/t21-/m0/s1. The van der Waals surface area contributed by atoms with Crippen molar-refractivity contribution in [2.45, 2.75) is 18.9 Å². The SMILES string of the molecule is O=C(N[C@@H](Cc1ccccc1)C(=O)NCCc1c[nH]c2ccccc12)c1ccco1. The van der Waals surface area contributed by atoms with Crippen molar-refractivity contribution in [2.75, 3.05) is 6.54 Å². The molecule has 30 heavy (non-hydrogen) atoms. The van der Waals surface area contributed by atoms with Gasteiger partial charge in [0.1, 0.15) is 6.04 Å². The Morgan fingerprint density at radius 3 is 2.57 bits per heavy atom. The summed E-state index contributed by atoms with van der Waals surface area (Å²) in [6.07, 6.45) is 4.49. The highest BCUT2D eigenvalue weighted by atomic mass is 16.3. The molecule has 0 bridgehead atoms. The maximum absolute atomic E-state index is 12.9. The van der Waals surface area contributed by atoms with Crippen LogP contribution in [0.4, 0.5) is 0 Å². The van der Waals surface area contributed by atoms with Crippen LogP contribution in [0.25, 0.3) is 10.9 Å². The predicted molar refractivity (Wildman–Crippen MR) is 115 cm³/mol. The molecular weight excluding hydrogens is 378 g/mol. The third-order valence-corrected chi connectivity index (χ3v) is 5.02. The number of furan rings is 1. The van der Waals surface area contributed by atoms with Crippen LogP contribution in [-0.2, 0) is 17.6 Å². The van der Waals surface area contributed by atoms with E-state index in [4.69, 9.17) is 4.42 Å². The number of aromatic amines is 1. The van der Waals surface area contributed by atoms with E-state index in [9.17, 15) is 9.59 Å². The zero-order valence-electron chi connectivity index (χ0n) is 16.4. The van der Waals surface area contributed by atoms with E-state index in [1.807, 2.05) is 54.7 Å². The molecule has 0 spiro atoms. The smallest absolute Gasteiger partial charge is 0.287 e. The maximum Gasteiger partial charge on any atom is 0.287 e. The highest BCUT2D eigenvalue weighted by Gasteiger charge is 2.22. The Bertz CT molecular complexity index is 1120. The van der Waals surface area contributed by atoms with Crippen molar-refractivity contribution in [3.8, 4) is 0 Å². The zero-order valence-corrected chi connectivity index (χ0v) is 16.4. The number of benzene rings is 2. The lowest BCUT2D eigenvalue weighted by Gasteiger charge is -2.18. The van der Waals surface area contributed by atoms with Crippen molar-refractivity contribution in [1.82, 2.24) is 15.6 Å². The van der Waals surface area contributed by atoms with Crippen molar-refractivity contribution in [3.05, 3.63) is 96.1 Å². The molecule has 0 aliphatic heterocycles. The molecule has 4 rings (SSSR count).